The molecule has 2 rings (SSSR count). The van der Waals surface area contributed by atoms with Gasteiger partial charge in [-0.25, -0.2) is 4.79 Å². The molecule has 1 fully saturated rings. The predicted octanol–water partition coefficient (Wildman–Crippen LogP) is 0.768. The summed E-state index contributed by atoms with van der Waals surface area (Å²) in [6.45, 7) is 2.61. The van der Waals surface area contributed by atoms with Crippen molar-refractivity contribution < 1.29 is 19.1 Å². The van der Waals surface area contributed by atoms with E-state index in [9.17, 15) is 9.59 Å². The number of carbonyl (C=O) groups excluding carboxylic acids is 2. The van der Waals surface area contributed by atoms with Crippen LogP contribution >= 0.6 is 0 Å². The molecule has 0 bridgehead atoms. The van der Waals surface area contributed by atoms with E-state index < -0.39 is 5.54 Å². The fourth-order valence-electron chi connectivity index (χ4n) is 2.21. The van der Waals surface area contributed by atoms with Crippen molar-refractivity contribution in [1.29, 1.82) is 0 Å². The summed E-state index contributed by atoms with van der Waals surface area (Å²) in [6, 6.07) is 6.70. The van der Waals surface area contributed by atoms with Crippen LogP contribution in [-0.2, 0) is 14.3 Å². The molecule has 0 aliphatic carbocycles. The summed E-state index contributed by atoms with van der Waals surface area (Å²) in [4.78, 5) is 23.5. The molecule has 114 valence electrons. The first-order valence-electron chi connectivity index (χ1n) is 6.82. The number of ether oxygens (including phenoxy) is 2. The Balaban J connectivity index is 2.01. The first kappa shape index (κ1) is 15.5. The zero-order valence-corrected chi connectivity index (χ0v) is 12.2. The molecular weight excluding hydrogens is 272 g/mol. The lowest BCUT2D eigenvalue weighted by Gasteiger charge is -2.24. The minimum Gasteiger partial charge on any atom is -0.465 e. The molecule has 0 saturated carbocycles. The van der Waals surface area contributed by atoms with E-state index in [-0.39, 0.29) is 24.5 Å². The number of nitrogens with one attached hydrogen (secondary N) is 1. The lowest BCUT2D eigenvalue weighted by Crippen LogP contribution is -2.54. The molecule has 0 radical (unpaired) electrons. The second kappa shape index (κ2) is 6.24. The van der Waals surface area contributed by atoms with Crippen LogP contribution in [0.4, 0.5) is 0 Å². The molecule has 6 nitrogen and oxygen atoms in total. The highest BCUT2D eigenvalue weighted by atomic mass is 16.5. The maximum Gasteiger partial charge on any atom is 0.337 e. The monoisotopic (exact) mass is 292 g/mol. The van der Waals surface area contributed by atoms with Crippen molar-refractivity contribution in [3.63, 3.8) is 0 Å². The zero-order chi connectivity index (χ0) is 15.5. The molecule has 1 heterocycles. The van der Waals surface area contributed by atoms with Crippen LogP contribution in [0.25, 0.3) is 0 Å². The molecule has 0 spiro atoms. The Bertz CT molecular complexity index is 521. The van der Waals surface area contributed by atoms with Gasteiger partial charge in [-0.3, -0.25) is 4.79 Å². The Hall–Kier alpha value is -1.92. The molecular formula is C15H20N2O4. The normalized spacial score (nSPS) is 22.6. The topological polar surface area (TPSA) is 90.7 Å². The molecule has 1 aliphatic rings. The average Bonchev–Trinajstić information content (AvgIpc) is 2.94. The first-order chi connectivity index (χ1) is 9.96. The van der Waals surface area contributed by atoms with Gasteiger partial charge in [0, 0.05) is 6.61 Å². The van der Waals surface area contributed by atoms with Gasteiger partial charge in [0.2, 0.25) is 5.91 Å². The first-order valence-corrected chi connectivity index (χ1v) is 6.82. The third-order valence-electron chi connectivity index (χ3n) is 3.68. The van der Waals surface area contributed by atoms with Crippen molar-refractivity contribution in [1.82, 2.24) is 5.32 Å². The SMILES string of the molecule is COC(=O)c1ccc(C(C)NC(=O)C2(N)CCOC2)cc1. The van der Waals surface area contributed by atoms with Gasteiger partial charge < -0.3 is 20.5 Å². The molecule has 6 heteroatoms. The highest BCUT2D eigenvalue weighted by Gasteiger charge is 2.38. The lowest BCUT2D eigenvalue weighted by molar-refractivity contribution is -0.127. The van der Waals surface area contributed by atoms with Gasteiger partial charge >= 0.3 is 5.97 Å². The Morgan fingerprint density at radius 3 is 2.57 bits per heavy atom. The molecule has 1 aromatic rings. The third-order valence-corrected chi connectivity index (χ3v) is 3.68. The van der Waals surface area contributed by atoms with Crippen LogP contribution in [0.15, 0.2) is 24.3 Å². The number of methoxy groups -OCH3 is 1. The molecule has 1 aliphatic heterocycles. The third kappa shape index (κ3) is 3.40. The molecule has 2 unspecified atom stereocenters. The van der Waals surface area contributed by atoms with Gasteiger partial charge in [-0.15, -0.1) is 0 Å². The van der Waals surface area contributed by atoms with Crippen LogP contribution in [0, 0.1) is 0 Å². The van der Waals surface area contributed by atoms with E-state index >= 15 is 0 Å². The fourth-order valence-corrected chi connectivity index (χ4v) is 2.21. The van der Waals surface area contributed by atoms with Gasteiger partial charge in [0.15, 0.2) is 0 Å². The Kier molecular flexibility index (Phi) is 4.59. The zero-order valence-electron chi connectivity index (χ0n) is 12.2. The van der Waals surface area contributed by atoms with E-state index in [0.717, 1.165) is 5.56 Å². The summed E-state index contributed by atoms with van der Waals surface area (Å²) < 4.78 is 9.83. The molecule has 3 N–H and O–H groups in total. The minimum atomic E-state index is -0.944. The van der Waals surface area contributed by atoms with Crippen LogP contribution in [0.5, 0.6) is 0 Å². The van der Waals surface area contributed by atoms with Crippen molar-refractivity contribution in [2.75, 3.05) is 20.3 Å². The van der Waals surface area contributed by atoms with Gasteiger partial charge in [-0.1, -0.05) is 12.1 Å². The number of carbonyl (C=O) groups is 2. The molecule has 1 saturated heterocycles. The van der Waals surface area contributed by atoms with E-state index in [1.165, 1.54) is 7.11 Å². The van der Waals surface area contributed by atoms with E-state index in [2.05, 4.69) is 10.1 Å². The number of hydrogen-bond donors (Lipinski definition) is 2. The molecule has 21 heavy (non-hydrogen) atoms. The highest BCUT2D eigenvalue weighted by molar-refractivity contribution is 5.89. The number of esters is 1. The van der Waals surface area contributed by atoms with Gasteiger partial charge in [-0.2, -0.15) is 0 Å². The second-order valence-corrected chi connectivity index (χ2v) is 5.27. The molecule has 2 atom stereocenters. The average molecular weight is 292 g/mol. The Morgan fingerprint density at radius 1 is 1.38 bits per heavy atom. The second-order valence-electron chi connectivity index (χ2n) is 5.27. The lowest BCUT2D eigenvalue weighted by atomic mass is 9.98. The van der Waals surface area contributed by atoms with Crippen LogP contribution in [0.1, 0.15) is 35.3 Å². The Morgan fingerprint density at radius 2 is 2.05 bits per heavy atom. The largest absolute Gasteiger partial charge is 0.465 e. The highest BCUT2D eigenvalue weighted by Crippen LogP contribution is 2.19. The number of benzene rings is 1. The van der Waals surface area contributed by atoms with Crippen LogP contribution < -0.4 is 11.1 Å². The maximum absolute atomic E-state index is 12.2. The summed E-state index contributed by atoms with van der Waals surface area (Å²) in [7, 11) is 1.34. The summed E-state index contributed by atoms with van der Waals surface area (Å²) in [5.74, 6) is -0.605. The van der Waals surface area contributed by atoms with E-state index in [0.29, 0.717) is 18.6 Å². The van der Waals surface area contributed by atoms with Crippen molar-refractivity contribution in [2.45, 2.75) is 24.9 Å². The number of rotatable bonds is 4. The minimum absolute atomic E-state index is 0.203. The van der Waals surface area contributed by atoms with Crippen molar-refractivity contribution in [3.05, 3.63) is 35.4 Å². The van der Waals surface area contributed by atoms with Crippen molar-refractivity contribution in [3.8, 4) is 0 Å². The van der Waals surface area contributed by atoms with Gasteiger partial charge in [0.1, 0.15) is 5.54 Å². The molecule has 0 aromatic heterocycles. The predicted molar refractivity (Wildman–Crippen MR) is 76.7 cm³/mol. The molecule has 1 aromatic carbocycles. The van der Waals surface area contributed by atoms with Gasteiger partial charge in [-0.05, 0) is 31.0 Å². The number of nitrogens with two attached hydrogens (primary N) is 1. The number of hydrogen-bond acceptors (Lipinski definition) is 5. The Labute approximate surface area is 123 Å². The summed E-state index contributed by atoms with van der Waals surface area (Å²) >= 11 is 0. The van der Waals surface area contributed by atoms with E-state index in [1.54, 1.807) is 24.3 Å². The number of amides is 1. The van der Waals surface area contributed by atoms with Gasteiger partial charge in [0.25, 0.3) is 0 Å². The van der Waals surface area contributed by atoms with E-state index in [1.807, 2.05) is 6.92 Å². The van der Waals surface area contributed by atoms with Crippen molar-refractivity contribution >= 4 is 11.9 Å². The quantitative estimate of drug-likeness (QED) is 0.800. The van der Waals surface area contributed by atoms with Gasteiger partial charge in [0.05, 0.1) is 25.3 Å². The smallest absolute Gasteiger partial charge is 0.337 e. The summed E-state index contributed by atoms with van der Waals surface area (Å²) in [5.41, 5.74) is 6.43. The molecule has 1 amide bonds. The van der Waals surface area contributed by atoms with E-state index in [4.69, 9.17) is 10.5 Å². The maximum atomic E-state index is 12.2. The van der Waals surface area contributed by atoms with Crippen LogP contribution in [-0.4, -0.2) is 37.7 Å². The fraction of sp³-hybridized carbons (Fsp3) is 0.467. The summed E-state index contributed by atoms with van der Waals surface area (Å²) in [6.07, 6.45) is 0.521. The van der Waals surface area contributed by atoms with Crippen molar-refractivity contribution in [2.24, 2.45) is 5.73 Å². The van der Waals surface area contributed by atoms with Crippen LogP contribution in [0.3, 0.4) is 0 Å². The summed E-state index contributed by atoms with van der Waals surface area (Å²) in [5, 5.41) is 2.88. The van der Waals surface area contributed by atoms with Crippen LogP contribution in [0.2, 0.25) is 0 Å². The standard InChI is InChI=1S/C15H20N2O4/c1-10(17-14(19)15(16)7-8-21-9-15)11-3-5-12(6-4-11)13(18)20-2/h3-6,10H,7-9,16H2,1-2H3,(H,17,19).